The summed E-state index contributed by atoms with van der Waals surface area (Å²) < 4.78 is 18.6. The van der Waals surface area contributed by atoms with Crippen LogP contribution in [0.1, 0.15) is 33.6 Å². The predicted molar refractivity (Wildman–Crippen MR) is 76.1 cm³/mol. The summed E-state index contributed by atoms with van der Waals surface area (Å²) in [6, 6.07) is 6.07. The van der Waals surface area contributed by atoms with E-state index in [1.165, 1.54) is 12.1 Å². The van der Waals surface area contributed by atoms with Gasteiger partial charge < -0.3 is 9.64 Å². The van der Waals surface area contributed by atoms with Crippen LogP contribution in [-0.2, 0) is 4.79 Å². The van der Waals surface area contributed by atoms with Gasteiger partial charge in [0.15, 0.2) is 0 Å². The van der Waals surface area contributed by atoms with Gasteiger partial charge in [-0.1, -0.05) is 20.8 Å². The predicted octanol–water partition coefficient (Wildman–Crippen LogP) is 3.24. The fourth-order valence-electron chi connectivity index (χ4n) is 2.36. The van der Waals surface area contributed by atoms with E-state index in [4.69, 9.17) is 4.74 Å². The van der Waals surface area contributed by atoms with Gasteiger partial charge in [0, 0.05) is 31.3 Å². The summed E-state index contributed by atoms with van der Waals surface area (Å²) in [5, 5.41) is 0. The van der Waals surface area contributed by atoms with Crippen molar-refractivity contribution in [2.45, 2.75) is 39.7 Å². The Balaban J connectivity index is 1.85. The summed E-state index contributed by atoms with van der Waals surface area (Å²) in [4.78, 5) is 14.1. The summed E-state index contributed by atoms with van der Waals surface area (Å²) in [6.07, 6.45) is 1.74. The highest BCUT2D eigenvalue weighted by Crippen LogP contribution is 2.23. The first-order valence-corrected chi connectivity index (χ1v) is 7.08. The van der Waals surface area contributed by atoms with Gasteiger partial charge in [-0.05, 0) is 24.3 Å². The van der Waals surface area contributed by atoms with E-state index in [9.17, 15) is 9.18 Å². The van der Waals surface area contributed by atoms with Crippen LogP contribution in [0.4, 0.5) is 4.39 Å². The Labute approximate surface area is 119 Å². The lowest BCUT2D eigenvalue weighted by atomic mass is 9.93. The fraction of sp³-hybridized carbons (Fsp3) is 0.562. The van der Waals surface area contributed by atoms with Gasteiger partial charge in [0.25, 0.3) is 0 Å². The molecule has 0 aliphatic carbocycles. The van der Waals surface area contributed by atoms with E-state index in [1.807, 2.05) is 25.7 Å². The van der Waals surface area contributed by atoms with Crippen LogP contribution in [0.15, 0.2) is 24.3 Å². The van der Waals surface area contributed by atoms with Crippen LogP contribution in [0.2, 0.25) is 0 Å². The minimum atomic E-state index is -0.329. The average Bonchev–Trinajstić information content (AvgIpc) is 2.40. The van der Waals surface area contributed by atoms with Crippen LogP contribution in [-0.4, -0.2) is 30.0 Å². The number of carbonyl (C=O) groups is 1. The topological polar surface area (TPSA) is 29.5 Å². The largest absolute Gasteiger partial charge is 0.490 e. The molecule has 0 unspecified atom stereocenters. The van der Waals surface area contributed by atoms with Crippen molar-refractivity contribution in [3.05, 3.63) is 30.1 Å². The molecule has 1 aliphatic heterocycles. The van der Waals surface area contributed by atoms with Crippen molar-refractivity contribution in [1.29, 1.82) is 0 Å². The lowest BCUT2D eigenvalue weighted by Crippen LogP contribution is -2.46. The Morgan fingerprint density at radius 1 is 1.20 bits per heavy atom. The molecule has 2 rings (SSSR count). The second-order valence-corrected chi connectivity index (χ2v) is 6.31. The van der Waals surface area contributed by atoms with E-state index in [-0.39, 0.29) is 23.2 Å². The quantitative estimate of drug-likeness (QED) is 0.831. The minimum Gasteiger partial charge on any atom is -0.490 e. The highest BCUT2D eigenvalue weighted by molar-refractivity contribution is 5.81. The van der Waals surface area contributed by atoms with E-state index in [0.717, 1.165) is 25.9 Å². The van der Waals surface area contributed by atoms with Gasteiger partial charge in [0.05, 0.1) is 0 Å². The Kier molecular flexibility index (Phi) is 4.31. The Bertz CT molecular complexity index is 456. The maximum Gasteiger partial charge on any atom is 0.227 e. The van der Waals surface area contributed by atoms with Crippen molar-refractivity contribution < 1.29 is 13.9 Å². The van der Waals surface area contributed by atoms with Crippen molar-refractivity contribution in [2.24, 2.45) is 5.41 Å². The molecule has 0 atom stereocenters. The second kappa shape index (κ2) is 5.81. The van der Waals surface area contributed by atoms with Crippen molar-refractivity contribution in [2.75, 3.05) is 13.1 Å². The molecule has 20 heavy (non-hydrogen) atoms. The molecule has 3 nitrogen and oxygen atoms in total. The third kappa shape index (κ3) is 3.71. The first kappa shape index (κ1) is 14.8. The van der Waals surface area contributed by atoms with E-state index >= 15 is 0 Å². The zero-order valence-electron chi connectivity index (χ0n) is 12.4. The molecule has 1 saturated heterocycles. The molecule has 1 amide bonds. The molecular weight excluding hydrogens is 257 g/mol. The molecule has 1 aliphatic rings. The molecule has 0 radical (unpaired) electrons. The Hall–Kier alpha value is -1.58. The zero-order valence-corrected chi connectivity index (χ0v) is 12.4. The highest BCUT2D eigenvalue weighted by Gasteiger charge is 2.30. The van der Waals surface area contributed by atoms with E-state index in [2.05, 4.69) is 0 Å². The molecule has 1 heterocycles. The number of carbonyl (C=O) groups excluding carboxylic acids is 1. The number of rotatable bonds is 2. The smallest absolute Gasteiger partial charge is 0.227 e. The van der Waals surface area contributed by atoms with Crippen molar-refractivity contribution in [3.63, 3.8) is 0 Å². The van der Waals surface area contributed by atoms with Gasteiger partial charge in [0.1, 0.15) is 17.7 Å². The standard InChI is InChI=1S/C16H22FNO2/c1-16(2,3)15(19)18-10-8-14(9-11-18)20-13-6-4-12(17)5-7-13/h4-7,14H,8-11H2,1-3H3. The molecule has 4 heteroatoms. The number of halogens is 1. The van der Waals surface area contributed by atoms with E-state index in [0.29, 0.717) is 5.75 Å². The molecular formula is C16H22FNO2. The lowest BCUT2D eigenvalue weighted by Gasteiger charge is -2.35. The molecule has 1 aromatic carbocycles. The molecule has 0 aromatic heterocycles. The number of piperidine rings is 1. The van der Waals surface area contributed by atoms with Crippen LogP contribution in [0.3, 0.4) is 0 Å². The highest BCUT2D eigenvalue weighted by atomic mass is 19.1. The number of ether oxygens (including phenoxy) is 1. The van der Waals surface area contributed by atoms with Crippen molar-refractivity contribution >= 4 is 5.91 Å². The van der Waals surface area contributed by atoms with Crippen LogP contribution >= 0.6 is 0 Å². The summed E-state index contributed by atoms with van der Waals surface area (Å²) in [5.41, 5.74) is -0.329. The Morgan fingerprint density at radius 2 is 1.75 bits per heavy atom. The van der Waals surface area contributed by atoms with Crippen LogP contribution in [0, 0.1) is 11.2 Å². The minimum absolute atomic E-state index is 0.101. The van der Waals surface area contributed by atoms with Crippen LogP contribution < -0.4 is 4.74 Å². The van der Waals surface area contributed by atoms with E-state index in [1.54, 1.807) is 12.1 Å². The molecule has 110 valence electrons. The maximum atomic E-state index is 12.8. The summed E-state index contributed by atoms with van der Waals surface area (Å²) in [7, 11) is 0. The monoisotopic (exact) mass is 279 g/mol. The van der Waals surface area contributed by atoms with Crippen molar-refractivity contribution in [3.8, 4) is 5.75 Å². The first-order valence-electron chi connectivity index (χ1n) is 7.08. The number of likely N-dealkylation sites (tertiary alicyclic amines) is 1. The van der Waals surface area contributed by atoms with Gasteiger partial charge in [-0.3, -0.25) is 4.79 Å². The third-order valence-electron chi connectivity index (χ3n) is 3.49. The number of amides is 1. The lowest BCUT2D eigenvalue weighted by molar-refractivity contribution is -0.141. The van der Waals surface area contributed by atoms with Crippen LogP contribution in [0.5, 0.6) is 5.75 Å². The Morgan fingerprint density at radius 3 is 2.25 bits per heavy atom. The molecule has 0 N–H and O–H groups in total. The van der Waals surface area contributed by atoms with Crippen molar-refractivity contribution in [1.82, 2.24) is 4.90 Å². The molecule has 1 aromatic rings. The number of hydrogen-bond donors (Lipinski definition) is 0. The summed E-state index contributed by atoms with van der Waals surface area (Å²) in [6.45, 7) is 7.27. The van der Waals surface area contributed by atoms with Gasteiger partial charge in [-0.15, -0.1) is 0 Å². The molecule has 0 saturated carbocycles. The normalized spacial score (nSPS) is 17.1. The SMILES string of the molecule is CC(C)(C)C(=O)N1CCC(Oc2ccc(F)cc2)CC1. The van der Waals surface area contributed by atoms with E-state index < -0.39 is 0 Å². The first-order chi connectivity index (χ1) is 9.36. The van der Waals surface area contributed by atoms with Gasteiger partial charge in [0.2, 0.25) is 5.91 Å². The third-order valence-corrected chi connectivity index (χ3v) is 3.49. The summed E-state index contributed by atoms with van der Waals surface area (Å²) in [5.74, 6) is 0.618. The van der Waals surface area contributed by atoms with Crippen LogP contribution in [0.25, 0.3) is 0 Å². The number of benzene rings is 1. The fourth-order valence-corrected chi connectivity index (χ4v) is 2.36. The number of nitrogens with zero attached hydrogens (tertiary/aromatic N) is 1. The van der Waals surface area contributed by atoms with Gasteiger partial charge in [-0.2, -0.15) is 0 Å². The van der Waals surface area contributed by atoms with Gasteiger partial charge >= 0.3 is 0 Å². The molecule has 0 bridgehead atoms. The second-order valence-electron chi connectivity index (χ2n) is 6.31. The molecule has 0 spiro atoms. The molecule has 1 fully saturated rings. The average molecular weight is 279 g/mol. The maximum absolute atomic E-state index is 12.8. The summed E-state index contributed by atoms with van der Waals surface area (Å²) >= 11 is 0. The zero-order chi connectivity index (χ0) is 14.8. The number of hydrogen-bond acceptors (Lipinski definition) is 2. The van der Waals surface area contributed by atoms with Gasteiger partial charge in [-0.25, -0.2) is 4.39 Å².